The van der Waals surface area contributed by atoms with Crippen LogP contribution in [-0.4, -0.2) is 21.6 Å². The Morgan fingerprint density at radius 3 is 2.85 bits per heavy atom. The summed E-state index contributed by atoms with van der Waals surface area (Å²) in [4.78, 5) is 23.8. The van der Waals surface area contributed by atoms with E-state index in [2.05, 4.69) is 15.3 Å². The number of nitrogen functional groups attached to an aromatic ring is 1. The van der Waals surface area contributed by atoms with Gasteiger partial charge in [0, 0.05) is 4.88 Å². The molecule has 1 atom stereocenters. The highest BCUT2D eigenvalue weighted by atomic mass is 32.2. The molecule has 4 rings (SSSR count). The van der Waals surface area contributed by atoms with Gasteiger partial charge < -0.3 is 11.1 Å². The van der Waals surface area contributed by atoms with Gasteiger partial charge in [-0.15, -0.1) is 11.3 Å². The number of nitrogens with zero attached hydrogens (tertiary/aromatic N) is 2. The Morgan fingerprint density at radius 1 is 1.26 bits per heavy atom. The SMILES string of the molecule is CC(NC(=O)CSc1nc(N)c2c3c(sc2n1)CCCC3)c1ccccc1. The van der Waals surface area contributed by atoms with Crippen LogP contribution in [0.25, 0.3) is 10.2 Å². The molecule has 2 heterocycles. The van der Waals surface area contributed by atoms with Crippen LogP contribution in [0.3, 0.4) is 0 Å². The van der Waals surface area contributed by atoms with Gasteiger partial charge in [0.25, 0.3) is 0 Å². The van der Waals surface area contributed by atoms with Crippen molar-refractivity contribution < 1.29 is 4.79 Å². The van der Waals surface area contributed by atoms with Gasteiger partial charge in [-0.25, -0.2) is 9.97 Å². The minimum atomic E-state index is -0.0379. The van der Waals surface area contributed by atoms with Crippen LogP contribution in [0, 0.1) is 0 Å². The van der Waals surface area contributed by atoms with Crippen LogP contribution in [0.15, 0.2) is 35.5 Å². The van der Waals surface area contributed by atoms with Crippen LogP contribution in [0.4, 0.5) is 5.82 Å². The Balaban J connectivity index is 1.43. The Morgan fingerprint density at radius 2 is 2.04 bits per heavy atom. The fourth-order valence-electron chi connectivity index (χ4n) is 3.47. The summed E-state index contributed by atoms with van der Waals surface area (Å²) >= 11 is 3.06. The summed E-state index contributed by atoms with van der Waals surface area (Å²) in [5, 5.41) is 4.61. The number of thiophene rings is 1. The molecular formula is C20H22N4OS2. The summed E-state index contributed by atoms with van der Waals surface area (Å²) in [5.74, 6) is 0.775. The van der Waals surface area contributed by atoms with E-state index in [0.29, 0.717) is 11.0 Å². The molecule has 1 amide bonds. The number of thioether (sulfide) groups is 1. The number of nitrogens with one attached hydrogen (secondary N) is 1. The lowest BCUT2D eigenvalue weighted by Crippen LogP contribution is -2.28. The Kier molecular flexibility index (Phi) is 5.31. The van der Waals surface area contributed by atoms with Gasteiger partial charge in [-0.05, 0) is 43.7 Å². The highest BCUT2D eigenvalue weighted by Gasteiger charge is 2.20. The maximum absolute atomic E-state index is 12.3. The van der Waals surface area contributed by atoms with Gasteiger partial charge in [0.15, 0.2) is 5.16 Å². The zero-order chi connectivity index (χ0) is 18.8. The molecule has 7 heteroatoms. The lowest BCUT2D eigenvalue weighted by atomic mass is 9.97. The molecule has 0 aliphatic heterocycles. The summed E-state index contributed by atoms with van der Waals surface area (Å²) in [6, 6.07) is 9.90. The fourth-order valence-corrected chi connectivity index (χ4v) is 5.46. The van der Waals surface area contributed by atoms with Crippen molar-refractivity contribution in [2.75, 3.05) is 11.5 Å². The molecule has 3 aromatic rings. The van der Waals surface area contributed by atoms with E-state index in [4.69, 9.17) is 5.73 Å². The second-order valence-corrected chi connectivity index (χ2v) is 8.80. The number of anilines is 1. The van der Waals surface area contributed by atoms with Crippen molar-refractivity contribution in [2.45, 2.75) is 43.8 Å². The molecule has 1 aliphatic rings. The molecule has 0 saturated carbocycles. The van der Waals surface area contributed by atoms with Crippen molar-refractivity contribution in [3.63, 3.8) is 0 Å². The number of carbonyl (C=O) groups is 1. The van der Waals surface area contributed by atoms with Crippen LogP contribution in [-0.2, 0) is 17.6 Å². The topological polar surface area (TPSA) is 80.9 Å². The Labute approximate surface area is 166 Å². The van der Waals surface area contributed by atoms with Gasteiger partial charge >= 0.3 is 0 Å². The zero-order valence-electron chi connectivity index (χ0n) is 15.2. The van der Waals surface area contributed by atoms with Crippen molar-refractivity contribution in [2.24, 2.45) is 0 Å². The Bertz CT molecular complexity index is 971. The monoisotopic (exact) mass is 398 g/mol. The normalized spacial score (nSPS) is 14.7. The average Bonchev–Trinajstić information content (AvgIpc) is 3.06. The van der Waals surface area contributed by atoms with E-state index in [0.717, 1.165) is 28.6 Å². The van der Waals surface area contributed by atoms with Gasteiger partial charge in [0.05, 0.1) is 17.2 Å². The third-order valence-electron chi connectivity index (χ3n) is 4.83. The predicted molar refractivity (Wildman–Crippen MR) is 112 cm³/mol. The Hall–Kier alpha value is -2.12. The van der Waals surface area contributed by atoms with Crippen molar-refractivity contribution >= 4 is 45.0 Å². The molecule has 5 nitrogen and oxygen atoms in total. The molecule has 1 aliphatic carbocycles. The molecule has 1 unspecified atom stereocenters. The molecule has 27 heavy (non-hydrogen) atoms. The first-order chi connectivity index (χ1) is 13.1. The third-order valence-corrected chi connectivity index (χ3v) is 6.86. The lowest BCUT2D eigenvalue weighted by molar-refractivity contribution is -0.119. The van der Waals surface area contributed by atoms with Crippen LogP contribution in [0.2, 0.25) is 0 Å². The van der Waals surface area contributed by atoms with E-state index in [1.54, 1.807) is 11.3 Å². The predicted octanol–water partition coefficient (Wildman–Crippen LogP) is 4.12. The van der Waals surface area contributed by atoms with Crippen molar-refractivity contribution in [3.05, 3.63) is 46.3 Å². The minimum Gasteiger partial charge on any atom is -0.383 e. The first-order valence-corrected chi connectivity index (χ1v) is 11.0. The highest BCUT2D eigenvalue weighted by Crippen LogP contribution is 2.38. The molecule has 1 aromatic carbocycles. The number of amides is 1. The number of hydrogen-bond acceptors (Lipinski definition) is 6. The van der Waals surface area contributed by atoms with Gasteiger partial charge in [0.2, 0.25) is 5.91 Å². The van der Waals surface area contributed by atoms with E-state index >= 15 is 0 Å². The molecular weight excluding hydrogens is 376 g/mol. The van der Waals surface area contributed by atoms with Crippen molar-refractivity contribution in [3.8, 4) is 0 Å². The van der Waals surface area contributed by atoms with Gasteiger partial charge in [0.1, 0.15) is 10.6 Å². The summed E-state index contributed by atoms with van der Waals surface area (Å²) in [5.41, 5.74) is 8.65. The summed E-state index contributed by atoms with van der Waals surface area (Å²) in [6.07, 6.45) is 4.61. The molecule has 3 N–H and O–H groups in total. The number of aryl methyl sites for hydroxylation is 2. The molecule has 2 aromatic heterocycles. The number of hydrogen-bond donors (Lipinski definition) is 2. The van der Waals surface area contributed by atoms with Gasteiger partial charge in [-0.1, -0.05) is 42.1 Å². The molecule has 0 saturated heterocycles. The van der Waals surface area contributed by atoms with E-state index in [-0.39, 0.29) is 17.7 Å². The van der Waals surface area contributed by atoms with Crippen LogP contribution in [0.5, 0.6) is 0 Å². The molecule has 140 valence electrons. The third kappa shape index (κ3) is 3.94. The van der Waals surface area contributed by atoms with Crippen molar-refractivity contribution in [1.82, 2.24) is 15.3 Å². The number of carbonyl (C=O) groups excluding carboxylic acids is 1. The highest BCUT2D eigenvalue weighted by molar-refractivity contribution is 7.99. The van der Waals surface area contributed by atoms with Crippen LogP contribution in [0.1, 0.15) is 41.8 Å². The number of rotatable bonds is 5. The average molecular weight is 399 g/mol. The molecule has 0 spiro atoms. The zero-order valence-corrected chi connectivity index (χ0v) is 16.8. The van der Waals surface area contributed by atoms with Crippen LogP contribution < -0.4 is 11.1 Å². The second-order valence-electron chi connectivity index (χ2n) is 6.77. The van der Waals surface area contributed by atoms with E-state index in [9.17, 15) is 4.79 Å². The van der Waals surface area contributed by atoms with Crippen LogP contribution >= 0.6 is 23.1 Å². The van der Waals surface area contributed by atoms with E-state index in [1.807, 2.05) is 37.3 Å². The largest absolute Gasteiger partial charge is 0.383 e. The minimum absolute atomic E-state index is 0.0308. The van der Waals surface area contributed by atoms with Gasteiger partial charge in [-0.2, -0.15) is 0 Å². The molecule has 0 fully saturated rings. The summed E-state index contributed by atoms with van der Waals surface area (Å²) in [7, 11) is 0. The number of aromatic nitrogens is 2. The summed E-state index contributed by atoms with van der Waals surface area (Å²) < 4.78 is 0. The first kappa shape index (κ1) is 18.3. The second kappa shape index (κ2) is 7.86. The lowest BCUT2D eigenvalue weighted by Gasteiger charge is -2.14. The number of benzene rings is 1. The smallest absolute Gasteiger partial charge is 0.230 e. The van der Waals surface area contributed by atoms with E-state index < -0.39 is 0 Å². The number of nitrogens with two attached hydrogens (primary N) is 1. The standard InChI is InChI=1S/C20H22N4OS2/c1-12(13-7-3-2-4-8-13)22-16(25)11-26-20-23-18(21)17-14-9-5-6-10-15(14)27-19(17)24-20/h2-4,7-8,12H,5-6,9-11H2,1H3,(H,22,25)(H2,21,23,24). The number of fused-ring (bicyclic) bond motifs is 3. The first-order valence-electron chi connectivity index (χ1n) is 9.16. The maximum atomic E-state index is 12.3. The van der Waals surface area contributed by atoms with Gasteiger partial charge in [-0.3, -0.25) is 4.79 Å². The molecule has 0 bridgehead atoms. The van der Waals surface area contributed by atoms with E-state index in [1.165, 1.54) is 35.0 Å². The fraction of sp³-hybridized carbons (Fsp3) is 0.350. The molecule has 0 radical (unpaired) electrons. The quantitative estimate of drug-likeness (QED) is 0.499. The summed E-state index contributed by atoms with van der Waals surface area (Å²) in [6.45, 7) is 1.98. The van der Waals surface area contributed by atoms with Crippen molar-refractivity contribution in [1.29, 1.82) is 0 Å². The maximum Gasteiger partial charge on any atom is 0.230 e.